The molecule has 0 amide bonds. The standard InChI is InChI=1S/C18H14BrN3O3/c1-12(17(23)13-2-6-15(19)7-3-13)25-18(24)14-4-8-16(9-5-14)22-11-20-10-21-22/h2-12H,1H3/t12-/m1/s1. The van der Waals surface area contributed by atoms with Gasteiger partial charge in [0.1, 0.15) is 12.7 Å². The van der Waals surface area contributed by atoms with Crippen LogP contribution in [0.3, 0.4) is 0 Å². The summed E-state index contributed by atoms with van der Waals surface area (Å²) in [5, 5.41) is 4.01. The number of aromatic nitrogens is 3. The highest BCUT2D eigenvalue weighted by molar-refractivity contribution is 9.10. The van der Waals surface area contributed by atoms with E-state index < -0.39 is 12.1 Å². The molecule has 0 spiro atoms. The van der Waals surface area contributed by atoms with Gasteiger partial charge >= 0.3 is 5.97 Å². The number of esters is 1. The quantitative estimate of drug-likeness (QED) is 0.485. The van der Waals surface area contributed by atoms with Crippen molar-refractivity contribution in [1.82, 2.24) is 14.8 Å². The Balaban J connectivity index is 1.67. The van der Waals surface area contributed by atoms with Crippen molar-refractivity contribution < 1.29 is 14.3 Å². The number of nitrogens with zero attached hydrogens (tertiary/aromatic N) is 3. The van der Waals surface area contributed by atoms with Gasteiger partial charge in [-0.05, 0) is 43.3 Å². The van der Waals surface area contributed by atoms with E-state index in [1.165, 1.54) is 6.33 Å². The fourth-order valence-corrected chi connectivity index (χ4v) is 2.49. The van der Waals surface area contributed by atoms with Crippen molar-refractivity contribution in [2.45, 2.75) is 13.0 Å². The Morgan fingerprint density at radius 3 is 2.28 bits per heavy atom. The zero-order valence-electron chi connectivity index (χ0n) is 13.3. The summed E-state index contributed by atoms with van der Waals surface area (Å²) in [5.74, 6) is -0.803. The van der Waals surface area contributed by atoms with E-state index in [0.29, 0.717) is 11.1 Å². The molecule has 1 atom stereocenters. The molecule has 2 aromatic carbocycles. The van der Waals surface area contributed by atoms with E-state index in [9.17, 15) is 9.59 Å². The summed E-state index contributed by atoms with van der Waals surface area (Å²) in [6.07, 6.45) is 2.12. The van der Waals surface area contributed by atoms with E-state index in [4.69, 9.17) is 4.74 Å². The van der Waals surface area contributed by atoms with Gasteiger partial charge in [0.05, 0.1) is 11.3 Å². The number of ketones is 1. The highest BCUT2D eigenvalue weighted by atomic mass is 79.9. The van der Waals surface area contributed by atoms with E-state index in [2.05, 4.69) is 26.0 Å². The average molecular weight is 400 g/mol. The first-order valence-electron chi connectivity index (χ1n) is 7.50. The van der Waals surface area contributed by atoms with Crippen LogP contribution in [0.5, 0.6) is 0 Å². The van der Waals surface area contributed by atoms with Crippen molar-refractivity contribution in [2.75, 3.05) is 0 Å². The van der Waals surface area contributed by atoms with E-state index in [1.54, 1.807) is 66.5 Å². The van der Waals surface area contributed by atoms with Gasteiger partial charge < -0.3 is 4.74 Å². The van der Waals surface area contributed by atoms with Gasteiger partial charge in [-0.15, -0.1) is 0 Å². The minimum Gasteiger partial charge on any atom is -0.451 e. The smallest absolute Gasteiger partial charge is 0.338 e. The van der Waals surface area contributed by atoms with Gasteiger partial charge in [0.25, 0.3) is 0 Å². The van der Waals surface area contributed by atoms with Crippen molar-refractivity contribution in [3.05, 3.63) is 76.8 Å². The van der Waals surface area contributed by atoms with Gasteiger partial charge in [0.15, 0.2) is 6.10 Å². The molecule has 0 aliphatic heterocycles. The molecule has 25 heavy (non-hydrogen) atoms. The van der Waals surface area contributed by atoms with E-state index >= 15 is 0 Å². The Morgan fingerprint density at radius 2 is 1.68 bits per heavy atom. The van der Waals surface area contributed by atoms with Crippen LogP contribution >= 0.6 is 15.9 Å². The molecule has 0 saturated carbocycles. The van der Waals surface area contributed by atoms with Gasteiger partial charge in [0, 0.05) is 10.0 Å². The molecule has 0 radical (unpaired) electrons. The Hall–Kier alpha value is -2.80. The fourth-order valence-electron chi connectivity index (χ4n) is 2.22. The molecule has 6 nitrogen and oxygen atoms in total. The summed E-state index contributed by atoms with van der Waals surface area (Å²) in [5.41, 5.74) is 1.62. The van der Waals surface area contributed by atoms with E-state index in [1.807, 2.05) is 0 Å². The molecule has 3 rings (SSSR count). The highest BCUT2D eigenvalue weighted by Gasteiger charge is 2.20. The third kappa shape index (κ3) is 4.00. The van der Waals surface area contributed by atoms with Gasteiger partial charge in [-0.1, -0.05) is 28.1 Å². The van der Waals surface area contributed by atoms with Crippen LogP contribution in [0.4, 0.5) is 0 Å². The molecule has 1 aromatic heterocycles. The lowest BCUT2D eigenvalue weighted by atomic mass is 10.1. The molecule has 1 heterocycles. The molecule has 0 saturated heterocycles. The number of rotatable bonds is 5. The number of hydrogen-bond donors (Lipinski definition) is 0. The Bertz CT molecular complexity index is 875. The molecular weight excluding hydrogens is 386 g/mol. The third-order valence-electron chi connectivity index (χ3n) is 3.57. The second kappa shape index (κ2) is 7.40. The zero-order chi connectivity index (χ0) is 17.8. The largest absolute Gasteiger partial charge is 0.451 e. The Morgan fingerprint density at radius 1 is 1.04 bits per heavy atom. The van der Waals surface area contributed by atoms with Gasteiger partial charge in [0.2, 0.25) is 5.78 Å². The maximum absolute atomic E-state index is 12.3. The van der Waals surface area contributed by atoms with E-state index in [-0.39, 0.29) is 5.78 Å². The Kier molecular flexibility index (Phi) is 5.04. The summed E-state index contributed by atoms with van der Waals surface area (Å²) in [4.78, 5) is 28.4. The van der Waals surface area contributed by atoms with Crippen molar-refractivity contribution >= 4 is 27.7 Å². The fraction of sp³-hybridized carbons (Fsp3) is 0.111. The predicted molar refractivity (Wildman–Crippen MR) is 94.7 cm³/mol. The Labute approximate surface area is 152 Å². The van der Waals surface area contributed by atoms with Crippen LogP contribution < -0.4 is 0 Å². The number of Topliss-reactive ketones (excluding diaryl/α,β-unsaturated/α-hetero) is 1. The first kappa shape index (κ1) is 17.0. The molecule has 0 N–H and O–H groups in total. The molecule has 0 aliphatic rings. The molecule has 126 valence electrons. The lowest BCUT2D eigenvalue weighted by molar-refractivity contribution is 0.0319. The molecule has 0 fully saturated rings. The summed E-state index contributed by atoms with van der Waals surface area (Å²) >= 11 is 3.32. The number of ether oxygens (including phenoxy) is 1. The molecule has 7 heteroatoms. The van der Waals surface area contributed by atoms with Gasteiger partial charge in [-0.2, -0.15) is 5.10 Å². The van der Waals surface area contributed by atoms with Crippen LogP contribution in [-0.4, -0.2) is 32.6 Å². The maximum Gasteiger partial charge on any atom is 0.338 e. The van der Waals surface area contributed by atoms with Crippen LogP contribution in [0.15, 0.2) is 65.7 Å². The number of halogens is 1. The van der Waals surface area contributed by atoms with Crippen LogP contribution in [-0.2, 0) is 4.74 Å². The first-order chi connectivity index (χ1) is 12.0. The molecule has 0 bridgehead atoms. The van der Waals surface area contributed by atoms with Gasteiger partial charge in [-0.3, -0.25) is 4.79 Å². The SMILES string of the molecule is C[C@@H](OC(=O)c1ccc(-n2cncn2)cc1)C(=O)c1ccc(Br)cc1. The lowest BCUT2D eigenvalue weighted by Crippen LogP contribution is -2.24. The van der Waals surface area contributed by atoms with Crippen LogP contribution in [0.2, 0.25) is 0 Å². The summed E-state index contributed by atoms with van der Waals surface area (Å²) < 4.78 is 7.73. The van der Waals surface area contributed by atoms with Gasteiger partial charge in [-0.25, -0.2) is 14.5 Å². The monoisotopic (exact) mass is 399 g/mol. The third-order valence-corrected chi connectivity index (χ3v) is 4.10. The number of carbonyl (C=O) groups excluding carboxylic acids is 2. The minimum atomic E-state index is -0.872. The number of carbonyl (C=O) groups is 2. The van der Waals surface area contributed by atoms with Crippen molar-refractivity contribution in [3.63, 3.8) is 0 Å². The second-order valence-electron chi connectivity index (χ2n) is 5.31. The predicted octanol–water partition coefficient (Wildman–Crippen LogP) is 3.46. The topological polar surface area (TPSA) is 74.1 Å². The van der Waals surface area contributed by atoms with Crippen molar-refractivity contribution in [2.24, 2.45) is 0 Å². The summed E-state index contributed by atoms with van der Waals surface area (Å²) in [6, 6.07) is 13.6. The molecule has 0 unspecified atom stereocenters. The zero-order valence-corrected chi connectivity index (χ0v) is 14.9. The van der Waals surface area contributed by atoms with Crippen LogP contribution in [0, 0.1) is 0 Å². The summed E-state index contributed by atoms with van der Waals surface area (Å²) in [6.45, 7) is 1.56. The maximum atomic E-state index is 12.3. The highest BCUT2D eigenvalue weighted by Crippen LogP contribution is 2.15. The molecule has 3 aromatic rings. The normalized spacial score (nSPS) is 11.8. The first-order valence-corrected chi connectivity index (χ1v) is 8.30. The number of hydrogen-bond acceptors (Lipinski definition) is 5. The average Bonchev–Trinajstić information content (AvgIpc) is 3.16. The van der Waals surface area contributed by atoms with Crippen LogP contribution in [0.1, 0.15) is 27.6 Å². The van der Waals surface area contributed by atoms with Crippen molar-refractivity contribution in [3.8, 4) is 5.69 Å². The minimum absolute atomic E-state index is 0.250. The van der Waals surface area contributed by atoms with E-state index in [0.717, 1.165) is 10.2 Å². The molecule has 0 aliphatic carbocycles. The lowest BCUT2D eigenvalue weighted by Gasteiger charge is -2.12. The second-order valence-corrected chi connectivity index (χ2v) is 6.22. The summed E-state index contributed by atoms with van der Waals surface area (Å²) in [7, 11) is 0. The molecular formula is C18H14BrN3O3. The number of benzene rings is 2. The van der Waals surface area contributed by atoms with Crippen LogP contribution in [0.25, 0.3) is 5.69 Å². The van der Waals surface area contributed by atoms with Crippen molar-refractivity contribution in [1.29, 1.82) is 0 Å².